The van der Waals surface area contributed by atoms with Gasteiger partial charge in [0.05, 0.1) is 0 Å². The Morgan fingerprint density at radius 3 is 2.83 bits per heavy atom. The summed E-state index contributed by atoms with van der Waals surface area (Å²) in [5.41, 5.74) is 2.13. The summed E-state index contributed by atoms with van der Waals surface area (Å²) in [6.07, 6.45) is 6.11. The zero-order valence-corrected chi connectivity index (χ0v) is 18.2. The fourth-order valence-corrected chi connectivity index (χ4v) is 6.19. The maximum Gasteiger partial charge on any atom is 0.190 e. The Morgan fingerprint density at radius 1 is 1.17 bits per heavy atom. The molecule has 1 aromatic heterocycles. The van der Waals surface area contributed by atoms with Crippen LogP contribution in [0.25, 0.3) is 0 Å². The van der Waals surface area contributed by atoms with E-state index >= 15 is 0 Å². The number of likely N-dealkylation sites (tertiary alicyclic amines) is 1. The average molecular weight is 413 g/mol. The second-order valence-electron chi connectivity index (χ2n) is 9.04. The van der Waals surface area contributed by atoms with E-state index in [2.05, 4.69) is 57.0 Å². The summed E-state index contributed by atoms with van der Waals surface area (Å²) in [5.74, 6) is 3.56. The number of benzene rings is 1. The fourth-order valence-electron chi connectivity index (χ4n) is 5.35. The second kappa shape index (κ2) is 8.40. The van der Waals surface area contributed by atoms with E-state index in [-0.39, 0.29) is 0 Å². The first-order valence-corrected chi connectivity index (χ1v) is 12.1. The van der Waals surface area contributed by atoms with E-state index in [0.717, 1.165) is 48.7 Å². The van der Waals surface area contributed by atoms with Crippen LogP contribution in [0.5, 0.6) is 0 Å². The lowest BCUT2D eigenvalue weighted by Crippen LogP contribution is -2.23. The molecule has 2 aromatic rings. The molecule has 0 radical (unpaired) electrons. The van der Waals surface area contributed by atoms with Crippen LogP contribution in [0.2, 0.25) is 0 Å². The molecule has 2 saturated heterocycles. The summed E-state index contributed by atoms with van der Waals surface area (Å²) < 4.78 is 7.69. The molecule has 0 amide bonds. The van der Waals surface area contributed by atoms with Crippen molar-refractivity contribution < 1.29 is 4.74 Å². The predicted molar refractivity (Wildman–Crippen MR) is 116 cm³/mol. The lowest BCUT2D eigenvalue weighted by atomic mass is 9.98. The third-order valence-corrected chi connectivity index (χ3v) is 8.27. The van der Waals surface area contributed by atoms with Crippen molar-refractivity contribution in [3.05, 3.63) is 41.7 Å². The molecule has 2 atom stereocenters. The highest BCUT2D eigenvalue weighted by atomic mass is 32.2. The second-order valence-corrected chi connectivity index (χ2v) is 10.1. The number of rotatable bonds is 7. The van der Waals surface area contributed by atoms with Gasteiger partial charge in [0.2, 0.25) is 0 Å². The van der Waals surface area contributed by atoms with Crippen LogP contribution < -0.4 is 0 Å². The fraction of sp³-hybridized carbons (Fsp3) is 0.652. The molecule has 5 nitrogen and oxygen atoms in total. The molecule has 156 valence electrons. The minimum Gasteiger partial charge on any atom is -0.381 e. The number of nitrogens with zero attached hydrogens (tertiary/aromatic N) is 4. The van der Waals surface area contributed by atoms with Gasteiger partial charge >= 0.3 is 0 Å². The Morgan fingerprint density at radius 2 is 2.00 bits per heavy atom. The van der Waals surface area contributed by atoms with Crippen LogP contribution in [0.3, 0.4) is 0 Å². The van der Waals surface area contributed by atoms with E-state index in [4.69, 9.17) is 4.74 Å². The van der Waals surface area contributed by atoms with Crippen molar-refractivity contribution in [3.63, 3.8) is 0 Å². The molecule has 0 bridgehead atoms. The minimum atomic E-state index is 0.507. The highest BCUT2D eigenvalue weighted by molar-refractivity contribution is 7.99. The minimum absolute atomic E-state index is 0.507. The zero-order chi connectivity index (χ0) is 19.7. The third kappa shape index (κ3) is 4.12. The highest BCUT2D eigenvalue weighted by Crippen LogP contribution is 2.64. The van der Waals surface area contributed by atoms with Gasteiger partial charge in [-0.2, -0.15) is 0 Å². The summed E-state index contributed by atoms with van der Waals surface area (Å²) >= 11 is 1.86. The van der Waals surface area contributed by atoms with Gasteiger partial charge in [0, 0.05) is 38.5 Å². The number of hydrogen-bond acceptors (Lipinski definition) is 5. The summed E-state index contributed by atoms with van der Waals surface area (Å²) in [5, 5.41) is 10.0. The molecule has 1 aliphatic carbocycles. The highest BCUT2D eigenvalue weighted by Gasteiger charge is 2.57. The van der Waals surface area contributed by atoms with Gasteiger partial charge in [-0.15, -0.1) is 10.2 Å². The number of thioether (sulfide) groups is 1. The largest absolute Gasteiger partial charge is 0.381 e. The van der Waals surface area contributed by atoms with Crippen molar-refractivity contribution in [2.24, 2.45) is 12.5 Å². The maximum absolute atomic E-state index is 5.48. The van der Waals surface area contributed by atoms with Gasteiger partial charge in [-0.1, -0.05) is 42.1 Å². The van der Waals surface area contributed by atoms with Crippen molar-refractivity contribution in [3.8, 4) is 0 Å². The van der Waals surface area contributed by atoms with Crippen LogP contribution in [0.15, 0.2) is 35.5 Å². The average Bonchev–Trinajstić information content (AvgIpc) is 3.11. The summed E-state index contributed by atoms with van der Waals surface area (Å²) in [6, 6.07) is 11.1. The Bertz CT molecular complexity index is 820. The first-order valence-electron chi connectivity index (χ1n) is 11.1. The van der Waals surface area contributed by atoms with Crippen LogP contribution in [-0.4, -0.2) is 58.3 Å². The Hall–Kier alpha value is -1.37. The standard InChI is InChI=1S/C23H32N4OS/c1-26-21(19-8-13-28-14-9-19)24-25-22(26)29-15-5-11-27-12-10-23(17-27)16-20(23)18-6-3-2-4-7-18/h2-4,6-7,19-20H,5,8-17H2,1H3/t20?,23-/m1/s1. The summed E-state index contributed by atoms with van der Waals surface area (Å²) in [7, 11) is 2.12. The molecular formula is C23H32N4OS. The van der Waals surface area contributed by atoms with Crippen LogP contribution >= 0.6 is 11.8 Å². The van der Waals surface area contributed by atoms with Crippen LogP contribution in [0.4, 0.5) is 0 Å². The molecular weight excluding hydrogens is 380 g/mol. The number of aromatic nitrogens is 3. The Labute approximate surface area is 178 Å². The first kappa shape index (κ1) is 19.6. The molecule has 1 unspecified atom stereocenters. The van der Waals surface area contributed by atoms with E-state index in [1.165, 1.54) is 38.9 Å². The molecule has 3 fully saturated rings. The lowest BCUT2D eigenvalue weighted by Gasteiger charge is -2.21. The number of hydrogen-bond donors (Lipinski definition) is 0. The normalized spacial score (nSPS) is 27.7. The van der Waals surface area contributed by atoms with Crippen LogP contribution in [0, 0.1) is 5.41 Å². The van der Waals surface area contributed by atoms with Gasteiger partial charge in [0.15, 0.2) is 5.16 Å². The van der Waals surface area contributed by atoms with Gasteiger partial charge in [-0.05, 0) is 62.1 Å². The van der Waals surface area contributed by atoms with E-state index in [1.54, 1.807) is 5.56 Å². The Balaban J connectivity index is 1.06. The van der Waals surface area contributed by atoms with Crippen molar-refractivity contribution in [1.82, 2.24) is 19.7 Å². The van der Waals surface area contributed by atoms with E-state index in [1.807, 2.05) is 11.8 Å². The van der Waals surface area contributed by atoms with Crippen LogP contribution in [0.1, 0.15) is 55.3 Å². The SMILES string of the molecule is Cn1c(SCCCN2CC[C@@]3(CC3c3ccccc3)C2)nnc1C1CCOCC1. The zero-order valence-electron chi connectivity index (χ0n) is 17.4. The van der Waals surface area contributed by atoms with Crippen molar-refractivity contribution in [2.45, 2.75) is 49.1 Å². The van der Waals surface area contributed by atoms with E-state index < -0.39 is 0 Å². The van der Waals surface area contributed by atoms with E-state index in [0.29, 0.717) is 11.3 Å². The van der Waals surface area contributed by atoms with Crippen molar-refractivity contribution in [1.29, 1.82) is 0 Å². The molecule has 1 saturated carbocycles. The van der Waals surface area contributed by atoms with Gasteiger partial charge in [-0.3, -0.25) is 0 Å². The molecule has 3 heterocycles. The van der Waals surface area contributed by atoms with E-state index in [9.17, 15) is 0 Å². The van der Waals surface area contributed by atoms with Gasteiger partial charge in [0.25, 0.3) is 0 Å². The topological polar surface area (TPSA) is 43.2 Å². The smallest absolute Gasteiger partial charge is 0.190 e. The van der Waals surface area contributed by atoms with Crippen LogP contribution in [-0.2, 0) is 11.8 Å². The monoisotopic (exact) mass is 412 g/mol. The summed E-state index contributed by atoms with van der Waals surface area (Å²) in [4.78, 5) is 2.69. The molecule has 6 heteroatoms. The molecule has 2 aliphatic heterocycles. The first-order chi connectivity index (χ1) is 14.3. The maximum atomic E-state index is 5.48. The van der Waals surface area contributed by atoms with Gasteiger partial charge in [0.1, 0.15) is 5.82 Å². The quantitative estimate of drug-likeness (QED) is 0.507. The van der Waals surface area contributed by atoms with Gasteiger partial charge in [-0.25, -0.2) is 0 Å². The molecule has 0 N–H and O–H groups in total. The molecule has 3 aliphatic rings. The third-order valence-electron chi connectivity index (χ3n) is 7.16. The molecule has 5 rings (SSSR count). The number of ether oxygens (including phenoxy) is 1. The molecule has 29 heavy (non-hydrogen) atoms. The summed E-state index contributed by atoms with van der Waals surface area (Å²) in [6.45, 7) is 5.47. The lowest BCUT2D eigenvalue weighted by molar-refractivity contribution is 0.0828. The predicted octanol–water partition coefficient (Wildman–Crippen LogP) is 4.07. The van der Waals surface area contributed by atoms with Crippen molar-refractivity contribution >= 4 is 11.8 Å². The molecule has 1 spiro atoms. The Kier molecular flexibility index (Phi) is 5.67. The van der Waals surface area contributed by atoms with Gasteiger partial charge < -0.3 is 14.2 Å². The molecule has 1 aromatic carbocycles. The van der Waals surface area contributed by atoms with Crippen molar-refractivity contribution in [2.75, 3.05) is 38.6 Å².